The van der Waals surface area contributed by atoms with Crippen molar-refractivity contribution in [2.75, 3.05) is 20.1 Å². The number of benzene rings is 1. The summed E-state index contributed by atoms with van der Waals surface area (Å²) in [5, 5.41) is 3.09. The SMILES string of the molecule is CC(C)C(C)NC(=O)c1cccc(C2CCCN(C)C2)c1. The molecule has 1 heterocycles. The molecule has 1 aliphatic rings. The van der Waals surface area contributed by atoms with Crippen LogP contribution in [0, 0.1) is 5.92 Å². The average Bonchev–Trinajstić information content (AvgIpc) is 2.47. The van der Waals surface area contributed by atoms with Crippen molar-refractivity contribution in [3.63, 3.8) is 0 Å². The molecule has 116 valence electrons. The van der Waals surface area contributed by atoms with Crippen LogP contribution in [-0.2, 0) is 0 Å². The molecule has 0 aliphatic carbocycles. The Kier molecular flexibility index (Phi) is 5.40. The van der Waals surface area contributed by atoms with Gasteiger partial charge in [-0.3, -0.25) is 4.79 Å². The quantitative estimate of drug-likeness (QED) is 0.922. The number of carbonyl (C=O) groups is 1. The summed E-state index contributed by atoms with van der Waals surface area (Å²) >= 11 is 0. The second kappa shape index (κ2) is 7.08. The van der Waals surface area contributed by atoms with Gasteiger partial charge in [0.15, 0.2) is 0 Å². The molecule has 1 aromatic carbocycles. The Morgan fingerprint density at radius 2 is 2.10 bits per heavy atom. The van der Waals surface area contributed by atoms with Gasteiger partial charge in [0, 0.05) is 18.2 Å². The molecule has 1 saturated heterocycles. The minimum Gasteiger partial charge on any atom is -0.349 e. The second-order valence-electron chi connectivity index (χ2n) is 6.73. The molecule has 0 saturated carbocycles. The van der Waals surface area contributed by atoms with Crippen molar-refractivity contribution in [2.24, 2.45) is 5.92 Å². The summed E-state index contributed by atoms with van der Waals surface area (Å²) in [5.74, 6) is 1.05. The zero-order valence-corrected chi connectivity index (χ0v) is 13.7. The molecule has 21 heavy (non-hydrogen) atoms. The van der Waals surface area contributed by atoms with Gasteiger partial charge in [-0.15, -0.1) is 0 Å². The van der Waals surface area contributed by atoms with E-state index in [1.807, 2.05) is 12.1 Å². The molecule has 1 aromatic rings. The van der Waals surface area contributed by atoms with Crippen LogP contribution in [0.4, 0.5) is 0 Å². The fraction of sp³-hybridized carbons (Fsp3) is 0.611. The first kappa shape index (κ1) is 16.0. The molecule has 0 aromatic heterocycles. The fourth-order valence-corrected chi connectivity index (χ4v) is 2.83. The highest BCUT2D eigenvalue weighted by molar-refractivity contribution is 5.94. The first-order valence-electron chi connectivity index (χ1n) is 8.06. The predicted molar refractivity (Wildman–Crippen MR) is 87.7 cm³/mol. The van der Waals surface area contributed by atoms with Crippen molar-refractivity contribution >= 4 is 5.91 Å². The van der Waals surface area contributed by atoms with Gasteiger partial charge in [0.25, 0.3) is 5.91 Å². The lowest BCUT2D eigenvalue weighted by molar-refractivity contribution is 0.0930. The Labute approximate surface area is 128 Å². The molecule has 3 nitrogen and oxygen atoms in total. The number of amides is 1. The van der Waals surface area contributed by atoms with Crippen LogP contribution in [0.15, 0.2) is 24.3 Å². The van der Waals surface area contributed by atoms with E-state index >= 15 is 0 Å². The van der Waals surface area contributed by atoms with E-state index in [1.165, 1.54) is 24.9 Å². The van der Waals surface area contributed by atoms with E-state index in [4.69, 9.17) is 0 Å². The second-order valence-corrected chi connectivity index (χ2v) is 6.73. The molecule has 1 fully saturated rings. The van der Waals surface area contributed by atoms with E-state index in [0.717, 1.165) is 12.1 Å². The Bertz CT molecular complexity index is 484. The Balaban J connectivity index is 2.08. The summed E-state index contributed by atoms with van der Waals surface area (Å²) in [6.45, 7) is 8.58. The van der Waals surface area contributed by atoms with Gasteiger partial charge in [-0.1, -0.05) is 26.0 Å². The van der Waals surface area contributed by atoms with Crippen molar-refractivity contribution in [1.82, 2.24) is 10.2 Å². The van der Waals surface area contributed by atoms with E-state index in [1.54, 1.807) is 0 Å². The smallest absolute Gasteiger partial charge is 0.251 e. The molecule has 1 amide bonds. The Hall–Kier alpha value is -1.35. The van der Waals surface area contributed by atoms with Gasteiger partial charge < -0.3 is 10.2 Å². The maximum atomic E-state index is 12.3. The zero-order chi connectivity index (χ0) is 15.4. The topological polar surface area (TPSA) is 32.3 Å². The third-order valence-electron chi connectivity index (χ3n) is 4.60. The molecule has 2 atom stereocenters. The van der Waals surface area contributed by atoms with E-state index in [9.17, 15) is 4.79 Å². The van der Waals surface area contributed by atoms with Crippen LogP contribution in [0.5, 0.6) is 0 Å². The van der Waals surface area contributed by atoms with Crippen molar-refractivity contribution in [1.29, 1.82) is 0 Å². The van der Waals surface area contributed by atoms with Crippen molar-refractivity contribution in [3.05, 3.63) is 35.4 Å². The molecular weight excluding hydrogens is 260 g/mol. The number of rotatable bonds is 4. The molecule has 0 radical (unpaired) electrons. The molecule has 0 spiro atoms. The van der Waals surface area contributed by atoms with E-state index in [2.05, 4.69) is 50.2 Å². The Morgan fingerprint density at radius 3 is 2.76 bits per heavy atom. The average molecular weight is 288 g/mol. The summed E-state index contributed by atoms with van der Waals surface area (Å²) in [5.41, 5.74) is 2.08. The lowest BCUT2D eigenvalue weighted by Crippen LogP contribution is -2.36. The number of nitrogens with zero attached hydrogens (tertiary/aromatic N) is 1. The first-order chi connectivity index (χ1) is 9.97. The van der Waals surface area contributed by atoms with Crippen LogP contribution in [0.1, 0.15) is 55.5 Å². The number of nitrogens with one attached hydrogen (secondary N) is 1. The van der Waals surface area contributed by atoms with Crippen LogP contribution < -0.4 is 5.32 Å². The number of carbonyl (C=O) groups excluding carboxylic acids is 1. The Morgan fingerprint density at radius 1 is 1.33 bits per heavy atom. The third kappa shape index (κ3) is 4.31. The van der Waals surface area contributed by atoms with Gasteiger partial charge in [0.05, 0.1) is 0 Å². The van der Waals surface area contributed by atoms with Crippen molar-refractivity contribution < 1.29 is 4.79 Å². The fourth-order valence-electron chi connectivity index (χ4n) is 2.83. The normalized spacial score (nSPS) is 21.3. The molecule has 2 unspecified atom stereocenters. The minimum absolute atomic E-state index is 0.0437. The van der Waals surface area contributed by atoms with Gasteiger partial charge in [-0.25, -0.2) is 0 Å². The van der Waals surface area contributed by atoms with Gasteiger partial charge in [0.2, 0.25) is 0 Å². The lowest BCUT2D eigenvalue weighted by atomic mass is 9.90. The predicted octanol–water partition coefficient (Wildman–Crippen LogP) is 3.27. The highest BCUT2D eigenvalue weighted by Crippen LogP contribution is 2.26. The largest absolute Gasteiger partial charge is 0.349 e. The van der Waals surface area contributed by atoms with Crippen molar-refractivity contribution in [3.8, 4) is 0 Å². The molecule has 0 bridgehead atoms. The molecule has 3 heteroatoms. The summed E-state index contributed by atoms with van der Waals surface area (Å²) in [6, 6.07) is 8.36. The van der Waals surface area contributed by atoms with E-state index in [0.29, 0.717) is 11.8 Å². The number of piperidine rings is 1. The molecule has 2 rings (SSSR count). The van der Waals surface area contributed by atoms with E-state index in [-0.39, 0.29) is 11.9 Å². The lowest BCUT2D eigenvalue weighted by Gasteiger charge is -2.30. The van der Waals surface area contributed by atoms with Gasteiger partial charge in [-0.05, 0) is 62.9 Å². The van der Waals surface area contributed by atoms with Crippen LogP contribution in [0.3, 0.4) is 0 Å². The monoisotopic (exact) mass is 288 g/mol. The van der Waals surface area contributed by atoms with Crippen LogP contribution in [0.2, 0.25) is 0 Å². The van der Waals surface area contributed by atoms with Gasteiger partial charge in [0.1, 0.15) is 0 Å². The number of likely N-dealkylation sites (N-methyl/N-ethyl adjacent to an activating group) is 1. The first-order valence-corrected chi connectivity index (χ1v) is 8.06. The maximum absolute atomic E-state index is 12.3. The standard InChI is InChI=1S/C18H28N2O/c1-13(2)14(3)19-18(21)16-8-5-7-15(11-16)17-9-6-10-20(4)12-17/h5,7-8,11,13-14,17H,6,9-10,12H2,1-4H3,(H,19,21). The number of likely N-dealkylation sites (tertiary alicyclic amines) is 1. The maximum Gasteiger partial charge on any atom is 0.251 e. The van der Waals surface area contributed by atoms with E-state index < -0.39 is 0 Å². The number of hydrogen-bond donors (Lipinski definition) is 1. The minimum atomic E-state index is 0.0437. The van der Waals surface area contributed by atoms with Crippen molar-refractivity contribution in [2.45, 2.75) is 45.6 Å². The summed E-state index contributed by atoms with van der Waals surface area (Å²) in [4.78, 5) is 14.7. The van der Waals surface area contributed by atoms with Crippen LogP contribution >= 0.6 is 0 Å². The highest BCUT2D eigenvalue weighted by atomic mass is 16.1. The summed E-state index contributed by atoms with van der Waals surface area (Å²) in [7, 11) is 2.17. The molecule has 1 aliphatic heterocycles. The van der Waals surface area contributed by atoms with Gasteiger partial charge >= 0.3 is 0 Å². The highest BCUT2D eigenvalue weighted by Gasteiger charge is 2.20. The van der Waals surface area contributed by atoms with Gasteiger partial charge in [-0.2, -0.15) is 0 Å². The number of hydrogen-bond acceptors (Lipinski definition) is 2. The third-order valence-corrected chi connectivity index (χ3v) is 4.60. The summed E-state index contributed by atoms with van der Waals surface area (Å²) in [6.07, 6.45) is 2.46. The molecular formula is C18H28N2O. The zero-order valence-electron chi connectivity index (χ0n) is 13.7. The molecule has 1 N–H and O–H groups in total. The van der Waals surface area contributed by atoms with Crippen LogP contribution in [0.25, 0.3) is 0 Å². The summed E-state index contributed by atoms with van der Waals surface area (Å²) < 4.78 is 0. The van der Waals surface area contributed by atoms with Crippen LogP contribution in [-0.4, -0.2) is 37.0 Å².